The van der Waals surface area contributed by atoms with Gasteiger partial charge in [0.05, 0.1) is 5.52 Å². The highest BCUT2D eigenvalue weighted by molar-refractivity contribution is 5.93. The van der Waals surface area contributed by atoms with Crippen molar-refractivity contribution in [1.82, 2.24) is 24.5 Å². The molecule has 4 aromatic rings. The Kier molecular flexibility index (Phi) is 4.56. The van der Waals surface area contributed by atoms with E-state index >= 15 is 0 Å². The van der Waals surface area contributed by atoms with Gasteiger partial charge in [-0.25, -0.2) is 9.38 Å². The second-order valence-corrected chi connectivity index (χ2v) is 8.92. The molecule has 0 bridgehead atoms. The van der Waals surface area contributed by atoms with Crippen molar-refractivity contribution in [2.45, 2.75) is 26.2 Å². The number of hydrogen-bond donors (Lipinski definition) is 0. The fourth-order valence-electron chi connectivity index (χ4n) is 4.71. The van der Waals surface area contributed by atoms with E-state index < -0.39 is 0 Å². The van der Waals surface area contributed by atoms with Crippen LogP contribution in [0.15, 0.2) is 48.5 Å². The van der Waals surface area contributed by atoms with Crippen LogP contribution in [0.2, 0.25) is 0 Å². The quantitative estimate of drug-likeness (QED) is 0.500. The number of aryl methyl sites for hydroxylation is 1. The second kappa shape index (κ2) is 7.58. The molecule has 0 radical (unpaired) electrons. The van der Waals surface area contributed by atoms with E-state index in [4.69, 9.17) is 4.98 Å². The summed E-state index contributed by atoms with van der Waals surface area (Å²) in [5, 5.41) is 10.1. The lowest BCUT2D eigenvalue weighted by molar-refractivity contribution is -0.138. The van der Waals surface area contributed by atoms with E-state index in [1.165, 1.54) is 12.0 Å². The van der Waals surface area contributed by atoms with Crippen LogP contribution < -0.4 is 4.90 Å². The molecular formula is C25H26N6O. The maximum absolute atomic E-state index is 12.7. The number of aromatic nitrogens is 4. The Balaban J connectivity index is 1.41. The molecule has 2 aromatic carbocycles. The summed E-state index contributed by atoms with van der Waals surface area (Å²) in [5.74, 6) is 2.21. The summed E-state index contributed by atoms with van der Waals surface area (Å²) in [7, 11) is 0. The molecule has 2 aromatic heterocycles. The number of carbonyl (C=O) groups is 1. The van der Waals surface area contributed by atoms with Crippen molar-refractivity contribution in [2.24, 2.45) is 5.92 Å². The van der Waals surface area contributed by atoms with Crippen LogP contribution in [0.1, 0.15) is 24.8 Å². The maximum Gasteiger partial charge on any atom is 0.225 e. The lowest BCUT2D eigenvalue weighted by Gasteiger charge is -2.38. The molecule has 1 aliphatic carbocycles. The molecule has 1 saturated heterocycles. The smallest absolute Gasteiger partial charge is 0.225 e. The average molecular weight is 427 g/mol. The van der Waals surface area contributed by atoms with Gasteiger partial charge in [0.15, 0.2) is 11.5 Å². The standard InChI is InChI=1S/C25H26N6O/c1-17-9-11-18(12-10-17)22-27-28-23-20-7-2-3-8-21(20)26-25(31(22)23)30-15-13-29(14-16-30)24(32)19-5-4-6-19/h2-3,7-12,19H,4-6,13-16H2,1H3. The van der Waals surface area contributed by atoms with E-state index in [2.05, 4.69) is 50.7 Å². The number of piperazine rings is 1. The van der Waals surface area contributed by atoms with E-state index in [1.54, 1.807) is 0 Å². The first kappa shape index (κ1) is 19.2. The molecular weight excluding hydrogens is 400 g/mol. The van der Waals surface area contributed by atoms with Crippen molar-refractivity contribution in [3.8, 4) is 11.4 Å². The van der Waals surface area contributed by atoms with Gasteiger partial charge in [-0.3, -0.25) is 4.79 Å². The van der Waals surface area contributed by atoms with Gasteiger partial charge in [0.2, 0.25) is 11.9 Å². The van der Waals surface area contributed by atoms with Crippen LogP contribution in [-0.4, -0.2) is 56.6 Å². The van der Waals surface area contributed by atoms with Crippen molar-refractivity contribution < 1.29 is 4.79 Å². The van der Waals surface area contributed by atoms with Gasteiger partial charge in [-0.2, -0.15) is 0 Å². The van der Waals surface area contributed by atoms with E-state index in [0.29, 0.717) is 5.91 Å². The molecule has 162 valence electrons. The lowest BCUT2D eigenvalue weighted by atomic mass is 9.84. The second-order valence-electron chi connectivity index (χ2n) is 8.92. The molecule has 2 aliphatic rings. The first-order valence-corrected chi connectivity index (χ1v) is 11.4. The minimum atomic E-state index is 0.248. The Morgan fingerprint density at radius 3 is 2.41 bits per heavy atom. The van der Waals surface area contributed by atoms with Gasteiger partial charge < -0.3 is 9.80 Å². The van der Waals surface area contributed by atoms with Gasteiger partial charge >= 0.3 is 0 Å². The lowest BCUT2D eigenvalue weighted by Crippen LogP contribution is -2.51. The third kappa shape index (κ3) is 3.11. The molecule has 3 heterocycles. The van der Waals surface area contributed by atoms with Crippen molar-refractivity contribution in [3.63, 3.8) is 0 Å². The first-order chi connectivity index (χ1) is 15.7. The molecule has 32 heavy (non-hydrogen) atoms. The number of rotatable bonds is 3. The summed E-state index contributed by atoms with van der Waals surface area (Å²) in [6.45, 7) is 5.05. The highest BCUT2D eigenvalue weighted by Crippen LogP contribution is 2.31. The monoisotopic (exact) mass is 426 g/mol. The number of hydrogen-bond acceptors (Lipinski definition) is 5. The van der Waals surface area contributed by atoms with Gasteiger partial charge in [0, 0.05) is 43.0 Å². The average Bonchev–Trinajstić information content (AvgIpc) is 3.23. The SMILES string of the molecule is Cc1ccc(-c2nnc3c4ccccc4nc(N4CCN(C(=O)C5CCC5)CC4)n23)cc1. The number of nitrogens with zero attached hydrogens (tertiary/aromatic N) is 6. The molecule has 1 aliphatic heterocycles. The molecule has 0 atom stereocenters. The van der Waals surface area contributed by atoms with Crippen LogP contribution in [0.3, 0.4) is 0 Å². The van der Waals surface area contributed by atoms with E-state index in [9.17, 15) is 4.79 Å². The Morgan fingerprint density at radius 2 is 1.69 bits per heavy atom. The highest BCUT2D eigenvalue weighted by Gasteiger charge is 2.32. The van der Waals surface area contributed by atoms with Crippen molar-refractivity contribution in [1.29, 1.82) is 0 Å². The number of para-hydroxylation sites is 1. The number of carbonyl (C=O) groups excluding carboxylic acids is 1. The van der Waals surface area contributed by atoms with Crippen molar-refractivity contribution >= 4 is 28.4 Å². The predicted octanol–water partition coefficient (Wildman–Crippen LogP) is 3.70. The normalized spacial score (nSPS) is 17.2. The number of amides is 1. The zero-order chi connectivity index (χ0) is 21.7. The molecule has 0 spiro atoms. The fourth-order valence-corrected chi connectivity index (χ4v) is 4.71. The van der Waals surface area contributed by atoms with Crippen molar-refractivity contribution in [2.75, 3.05) is 31.1 Å². The molecule has 2 fully saturated rings. The fraction of sp³-hybridized carbons (Fsp3) is 0.360. The Hall–Kier alpha value is -3.48. The molecule has 7 heteroatoms. The van der Waals surface area contributed by atoms with Gasteiger partial charge in [-0.1, -0.05) is 48.4 Å². The van der Waals surface area contributed by atoms with Crippen LogP contribution >= 0.6 is 0 Å². The Labute approximate surface area is 186 Å². The van der Waals surface area contributed by atoms with Crippen LogP contribution in [-0.2, 0) is 4.79 Å². The summed E-state index contributed by atoms with van der Waals surface area (Å²) in [6.07, 6.45) is 3.28. The minimum Gasteiger partial charge on any atom is -0.339 e. The van der Waals surface area contributed by atoms with E-state index in [0.717, 1.165) is 72.9 Å². The number of anilines is 1. The minimum absolute atomic E-state index is 0.248. The van der Waals surface area contributed by atoms with Crippen LogP contribution in [0.5, 0.6) is 0 Å². The number of fused-ring (bicyclic) bond motifs is 3. The van der Waals surface area contributed by atoms with Crippen molar-refractivity contribution in [3.05, 3.63) is 54.1 Å². The van der Waals surface area contributed by atoms with Gasteiger partial charge in [-0.15, -0.1) is 10.2 Å². The summed E-state index contributed by atoms with van der Waals surface area (Å²) in [4.78, 5) is 22.0. The Bertz CT molecular complexity index is 1300. The van der Waals surface area contributed by atoms with Crippen LogP contribution in [0, 0.1) is 12.8 Å². The molecule has 6 rings (SSSR count). The summed E-state index contributed by atoms with van der Waals surface area (Å²) in [6, 6.07) is 16.4. The van der Waals surface area contributed by atoms with Crippen LogP contribution in [0.4, 0.5) is 5.95 Å². The van der Waals surface area contributed by atoms with Gasteiger partial charge in [0.1, 0.15) is 0 Å². The zero-order valence-electron chi connectivity index (χ0n) is 18.2. The van der Waals surface area contributed by atoms with E-state index in [1.807, 2.05) is 29.2 Å². The predicted molar refractivity (Wildman–Crippen MR) is 125 cm³/mol. The molecule has 7 nitrogen and oxygen atoms in total. The summed E-state index contributed by atoms with van der Waals surface area (Å²) < 4.78 is 2.08. The summed E-state index contributed by atoms with van der Waals surface area (Å²) in [5.41, 5.74) is 3.94. The third-order valence-corrected chi connectivity index (χ3v) is 6.87. The summed E-state index contributed by atoms with van der Waals surface area (Å²) >= 11 is 0. The third-order valence-electron chi connectivity index (χ3n) is 6.87. The molecule has 0 N–H and O–H groups in total. The first-order valence-electron chi connectivity index (χ1n) is 11.4. The molecule has 1 saturated carbocycles. The van der Waals surface area contributed by atoms with E-state index in [-0.39, 0.29) is 5.92 Å². The topological polar surface area (TPSA) is 66.6 Å². The molecule has 0 unspecified atom stereocenters. The Morgan fingerprint density at radius 1 is 0.938 bits per heavy atom. The largest absolute Gasteiger partial charge is 0.339 e. The number of benzene rings is 2. The van der Waals surface area contributed by atoms with Crippen LogP contribution in [0.25, 0.3) is 27.9 Å². The maximum atomic E-state index is 12.7. The molecule has 1 amide bonds. The van der Waals surface area contributed by atoms with Gasteiger partial charge in [0.25, 0.3) is 0 Å². The zero-order valence-corrected chi connectivity index (χ0v) is 18.2. The highest BCUT2D eigenvalue weighted by atomic mass is 16.2. The van der Waals surface area contributed by atoms with Gasteiger partial charge in [-0.05, 0) is 31.9 Å².